The first kappa shape index (κ1) is 13.3. The van der Waals surface area contributed by atoms with Gasteiger partial charge in [0.2, 0.25) is 0 Å². The standard InChI is InChI=1S/C14H16N2O3S/c1-2-19-11(17)6-7-16-8-15-13-12(14(16)18)9-4-3-5-10(9)20-13/h8H,2-7H2,1H3. The molecule has 0 N–H and O–H groups in total. The number of aryl methyl sites for hydroxylation is 3. The molecular weight excluding hydrogens is 276 g/mol. The fourth-order valence-electron chi connectivity index (χ4n) is 2.62. The van der Waals surface area contributed by atoms with Gasteiger partial charge in [-0.1, -0.05) is 0 Å². The van der Waals surface area contributed by atoms with Gasteiger partial charge in [0.1, 0.15) is 4.83 Å². The number of nitrogens with zero attached hydrogens (tertiary/aromatic N) is 2. The third-order valence-corrected chi connectivity index (χ3v) is 4.75. The number of hydrogen-bond acceptors (Lipinski definition) is 5. The van der Waals surface area contributed by atoms with E-state index in [0.717, 1.165) is 29.5 Å². The van der Waals surface area contributed by atoms with Crippen LogP contribution in [0.25, 0.3) is 10.2 Å². The van der Waals surface area contributed by atoms with Crippen molar-refractivity contribution in [3.8, 4) is 0 Å². The number of esters is 1. The molecule has 0 atom stereocenters. The van der Waals surface area contributed by atoms with Crippen LogP contribution in [0.2, 0.25) is 0 Å². The van der Waals surface area contributed by atoms with Gasteiger partial charge in [-0.3, -0.25) is 14.2 Å². The second-order valence-electron chi connectivity index (χ2n) is 4.84. The highest BCUT2D eigenvalue weighted by Crippen LogP contribution is 2.34. The Hall–Kier alpha value is -1.69. The first-order valence-corrected chi connectivity index (χ1v) is 7.67. The number of carbonyl (C=O) groups is 1. The van der Waals surface area contributed by atoms with Crippen molar-refractivity contribution in [3.05, 3.63) is 27.1 Å². The molecule has 0 saturated heterocycles. The van der Waals surface area contributed by atoms with Gasteiger partial charge in [0, 0.05) is 11.4 Å². The van der Waals surface area contributed by atoms with E-state index in [2.05, 4.69) is 4.98 Å². The summed E-state index contributed by atoms with van der Waals surface area (Å²) in [4.78, 5) is 30.4. The van der Waals surface area contributed by atoms with Crippen LogP contribution < -0.4 is 5.56 Å². The summed E-state index contributed by atoms with van der Waals surface area (Å²) in [6.07, 6.45) is 4.88. The molecular formula is C14H16N2O3S. The van der Waals surface area contributed by atoms with Crippen LogP contribution in [-0.4, -0.2) is 22.1 Å². The zero-order valence-corrected chi connectivity index (χ0v) is 12.2. The number of rotatable bonds is 4. The van der Waals surface area contributed by atoms with Gasteiger partial charge in [-0.2, -0.15) is 0 Å². The van der Waals surface area contributed by atoms with Crippen molar-refractivity contribution in [2.75, 3.05) is 6.61 Å². The van der Waals surface area contributed by atoms with Crippen molar-refractivity contribution in [1.82, 2.24) is 9.55 Å². The summed E-state index contributed by atoms with van der Waals surface area (Å²) >= 11 is 1.63. The lowest BCUT2D eigenvalue weighted by atomic mass is 10.2. The van der Waals surface area contributed by atoms with Gasteiger partial charge in [-0.15, -0.1) is 11.3 Å². The fraction of sp³-hybridized carbons (Fsp3) is 0.500. The molecule has 0 saturated carbocycles. The molecule has 0 spiro atoms. The number of thiophene rings is 1. The predicted octanol–water partition coefficient (Wildman–Crippen LogP) is 1.90. The van der Waals surface area contributed by atoms with Crippen LogP contribution in [0.3, 0.4) is 0 Å². The molecule has 0 fully saturated rings. The van der Waals surface area contributed by atoms with Gasteiger partial charge < -0.3 is 4.74 Å². The molecule has 0 aliphatic heterocycles. The smallest absolute Gasteiger partial charge is 0.307 e. The first-order valence-electron chi connectivity index (χ1n) is 6.86. The molecule has 0 unspecified atom stereocenters. The number of ether oxygens (including phenoxy) is 1. The molecule has 0 amide bonds. The SMILES string of the molecule is CCOC(=O)CCn1cnc2sc3c(c2c1=O)CCC3. The highest BCUT2D eigenvalue weighted by molar-refractivity contribution is 7.18. The van der Waals surface area contributed by atoms with Gasteiger partial charge in [0.05, 0.1) is 24.7 Å². The number of fused-ring (bicyclic) bond motifs is 3. The molecule has 1 aliphatic carbocycles. The molecule has 1 aliphatic rings. The molecule has 2 aromatic heterocycles. The van der Waals surface area contributed by atoms with E-state index < -0.39 is 0 Å². The van der Waals surface area contributed by atoms with Crippen LogP contribution >= 0.6 is 11.3 Å². The summed E-state index contributed by atoms with van der Waals surface area (Å²) in [5, 5.41) is 0.758. The summed E-state index contributed by atoms with van der Waals surface area (Å²) in [5.74, 6) is -0.282. The molecule has 2 heterocycles. The maximum Gasteiger partial charge on any atom is 0.307 e. The normalized spacial score (nSPS) is 13.7. The summed E-state index contributed by atoms with van der Waals surface area (Å²) in [6.45, 7) is 2.46. The second kappa shape index (κ2) is 5.36. The maximum absolute atomic E-state index is 12.5. The topological polar surface area (TPSA) is 61.2 Å². The highest BCUT2D eigenvalue weighted by atomic mass is 32.1. The number of carbonyl (C=O) groups excluding carboxylic acids is 1. The molecule has 6 heteroatoms. The van der Waals surface area contributed by atoms with Crippen molar-refractivity contribution in [1.29, 1.82) is 0 Å². The Morgan fingerprint density at radius 2 is 2.35 bits per heavy atom. The molecule has 20 heavy (non-hydrogen) atoms. The second-order valence-corrected chi connectivity index (χ2v) is 5.92. The van der Waals surface area contributed by atoms with E-state index in [1.54, 1.807) is 18.3 Å². The lowest BCUT2D eigenvalue weighted by molar-refractivity contribution is -0.143. The first-order chi connectivity index (χ1) is 9.70. The largest absolute Gasteiger partial charge is 0.466 e. The van der Waals surface area contributed by atoms with E-state index in [4.69, 9.17) is 4.74 Å². The van der Waals surface area contributed by atoms with E-state index in [-0.39, 0.29) is 17.9 Å². The van der Waals surface area contributed by atoms with Crippen LogP contribution in [0, 0.1) is 0 Å². The molecule has 3 rings (SSSR count). The van der Waals surface area contributed by atoms with Crippen molar-refractivity contribution < 1.29 is 9.53 Å². The number of hydrogen-bond donors (Lipinski definition) is 0. The van der Waals surface area contributed by atoms with Crippen LogP contribution in [0.1, 0.15) is 30.2 Å². The third kappa shape index (κ3) is 2.24. The van der Waals surface area contributed by atoms with Gasteiger partial charge >= 0.3 is 5.97 Å². The molecule has 2 aromatic rings. The maximum atomic E-state index is 12.5. The molecule has 106 valence electrons. The van der Waals surface area contributed by atoms with Crippen molar-refractivity contribution in [2.45, 2.75) is 39.2 Å². The Morgan fingerprint density at radius 3 is 3.15 bits per heavy atom. The Kier molecular flexibility index (Phi) is 3.56. The minimum Gasteiger partial charge on any atom is -0.466 e. The van der Waals surface area contributed by atoms with Crippen LogP contribution in [0.4, 0.5) is 0 Å². The van der Waals surface area contributed by atoms with Gasteiger partial charge in [0.25, 0.3) is 5.56 Å². The Bertz CT molecular complexity index is 717. The van der Waals surface area contributed by atoms with Crippen molar-refractivity contribution in [2.24, 2.45) is 0 Å². The molecule has 5 nitrogen and oxygen atoms in total. The summed E-state index contributed by atoms with van der Waals surface area (Å²) in [6, 6.07) is 0. The molecule has 0 bridgehead atoms. The van der Waals surface area contributed by atoms with E-state index in [9.17, 15) is 9.59 Å². The van der Waals surface area contributed by atoms with Gasteiger partial charge in [-0.25, -0.2) is 4.98 Å². The Labute approximate surface area is 120 Å². The van der Waals surface area contributed by atoms with E-state index >= 15 is 0 Å². The van der Waals surface area contributed by atoms with Crippen molar-refractivity contribution in [3.63, 3.8) is 0 Å². The monoisotopic (exact) mass is 292 g/mol. The molecule has 0 radical (unpaired) electrons. The lowest BCUT2D eigenvalue weighted by Crippen LogP contribution is -2.22. The van der Waals surface area contributed by atoms with E-state index in [1.807, 2.05) is 0 Å². The fourth-order valence-corrected chi connectivity index (χ4v) is 3.84. The Balaban J connectivity index is 1.91. The summed E-state index contributed by atoms with van der Waals surface area (Å²) < 4.78 is 6.40. The van der Waals surface area contributed by atoms with E-state index in [1.165, 1.54) is 21.3 Å². The molecule has 0 aromatic carbocycles. The Morgan fingerprint density at radius 1 is 1.50 bits per heavy atom. The van der Waals surface area contributed by atoms with Crippen molar-refractivity contribution >= 4 is 27.5 Å². The number of aromatic nitrogens is 2. The zero-order valence-electron chi connectivity index (χ0n) is 11.3. The zero-order chi connectivity index (χ0) is 14.1. The average Bonchev–Trinajstić information content (AvgIpc) is 2.98. The summed E-state index contributed by atoms with van der Waals surface area (Å²) in [7, 11) is 0. The highest BCUT2D eigenvalue weighted by Gasteiger charge is 2.21. The van der Waals surface area contributed by atoms with E-state index in [0.29, 0.717) is 13.2 Å². The predicted molar refractivity (Wildman–Crippen MR) is 77.2 cm³/mol. The van der Waals surface area contributed by atoms with Crippen LogP contribution in [0.5, 0.6) is 0 Å². The minimum atomic E-state index is -0.282. The minimum absolute atomic E-state index is 0.0290. The van der Waals surface area contributed by atoms with Crippen LogP contribution in [-0.2, 0) is 28.9 Å². The van der Waals surface area contributed by atoms with Gasteiger partial charge in [0.15, 0.2) is 0 Å². The summed E-state index contributed by atoms with van der Waals surface area (Å²) in [5.41, 5.74) is 1.15. The van der Waals surface area contributed by atoms with Crippen LogP contribution in [0.15, 0.2) is 11.1 Å². The average molecular weight is 292 g/mol. The quantitative estimate of drug-likeness (QED) is 0.808. The van der Waals surface area contributed by atoms with Gasteiger partial charge in [-0.05, 0) is 31.7 Å². The third-order valence-electron chi connectivity index (χ3n) is 3.55. The lowest BCUT2D eigenvalue weighted by Gasteiger charge is -2.05.